The van der Waals surface area contributed by atoms with Crippen molar-refractivity contribution in [3.05, 3.63) is 65.2 Å². The molecular formula is C24H27NO. The van der Waals surface area contributed by atoms with E-state index in [1.165, 1.54) is 49.7 Å². The van der Waals surface area contributed by atoms with Gasteiger partial charge in [0.15, 0.2) is 0 Å². The topological polar surface area (TPSA) is 20.3 Å². The van der Waals surface area contributed by atoms with E-state index < -0.39 is 0 Å². The molecule has 2 aromatic rings. The lowest BCUT2D eigenvalue weighted by Crippen LogP contribution is -2.33. The van der Waals surface area contributed by atoms with Gasteiger partial charge in [0.25, 0.3) is 0 Å². The zero-order valence-electron chi connectivity index (χ0n) is 15.4. The summed E-state index contributed by atoms with van der Waals surface area (Å²) in [6.07, 6.45) is 12.6. The number of para-hydroxylation sites is 1. The highest BCUT2D eigenvalue weighted by Crippen LogP contribution is 2.31. The summed E-state index contributed by atoms with van der Waals surface area (Å²) in [6.45, 7) is 0.656. The number of fused-ring (bicyclic) bond motifs is 2. The van der Waals surface area contributed by atoms with Crippen molar-refractivity contribution in [2.45, 2.75) is 51.5 Å². The number of hydrogen-bond acceptors (Lipinski definition) is 1. The smallest absolute Gasteiger partial charge is 0.227 e. The first-order chi connectivity index (χ1) is 12.8. The number of anilines is 1. The van der Waals surface area contributed by atoms with E-state index in [2.05, 4.69) is 48.6 Å². The van der Waals surface area contributed by atoms with Crippen LogP contribution in [0.3, 0.4) is 0 Å². The number of benzene rings is 2. The van der Waals surface area contributed by atoms with Crippen molar-refractivity contribution < 1.29 is 4.79 Å². The quantitative estimate of drug-likeness (QED) is 0.605. The number of carbonyl (C=O) groups is 1. The third-order valence-electron chi connectivity index (χ3n) is 5.79. The van der Waals surface area contributed by atoms with E-state index in [0.29, 0.717) is 18.9 Å². The summed E-state index contributed by atoms with van der Waals surface area (Å²) in [7, 11) is 0. The predicted molar refractivity (Wildman–Crippen MR) is 109 cm³/mol. The first kappa shape index (κ1) is 17.1. The molecule has 26 heavy (non-hydrogen) atoms. The number of rotatable bonds is 2. The van der Waals surface area contributed by atoms with Crippen molar-refractivity contribution in [2.24, 2.45) is 5.92 Å². The Bertz CT molecular complexity index is 799. The van der Waals surface area contributed by atoms with Crippen molar-refractivity contribution >= 4 is 23.7 Å². The normalized spacial score (nSPS) is 18.8. The molecular weight excluding hydrogens is 318 g/mol. The first-order valence-electron chi connectivity index (χ1n) is 9.96. The monoisotopic (exact) mass is 345 g/mol. The molecule has 1 amide bonds. The zero-order valence-corrected chi connectivity index (χ0v) is 15.4. The van der Waals surface area contributed by atoms with E-state index in [4.69, 9.17) is 0 Å². The van der Waals surface area contributed by atoms with Crippen molar-refractivity contribution in [2.75, 3.05) is 4.90 Å². The van der Waals surface area contributed by atoms with Crippen LogP contribution in [0.15, 0.2) is 48.5 Å². The summed E-state index contributed by atoms with van der Waals surface area (Å²) in [4.78, 5) is 15.3. The molecule has 0 radical (unpaired) electrons. The molecule has 0 aromatic heterocycles. The molecule has 2 aliphatic rings. The number of nitrogens with zero attached hydrogens (tertiary/aromatic N) is 1. The van der Waals surface area contributed by atoms with Gasteiger partial charge in [0.2, 0.25) is 5.91 Å². The zero-order chi connectivity index (χ0) is 17.8. The number of hydrogen-bond donors (Lipinski definition) is 0. The van der Waals surface area contributed by atoms with Gasteiger partial charge in [0.05, 0.1) is 12.2 Å². The van der Waals surface area contributed by atoms with Gasteiger partial charge in [-0.25, -0.2) is 0 Å². The van der Waals surface area contributed by atoms with Crippen LogP contribution in [0.25, 0.3) is 12.2 Å². The van der Waals surface area contributed by atoms with Gasteiger partial charge in [0.1, 0.15) is 0 Å². The van der Waals surface area contributed by atoms with Crippen LogP contribution in [0.4, 0.5) is 5.69 Å². The summed E-state index contributed by atoms with van der Waals surface area (Å²) < 4.78 is 0. The molecule has 1 fully saturated rings. The van der Waals surface area contributed by atoms with Crippen LogP contribution in [0.5, 0.6) is 0 Å². The van der Waals surface area contributed by atoms with Gasteiger partial charge in [-0.05, 0) is 41.5 Å². The molecule has 0 atom stereocenters. The fraction of sp³-hybridized carbons (Fsp3) is 0.375. The summed E-state index contributed by atoms with van der Waals surface area (Å²) in [6, 6.07) is 16.7. The van der Waals surface area contributed by atoms with Gasteiger partial charge in [-0.3, -0.25) is 4.79 Å². The Kier molecular flexibility index (Phi) is 5.19. The summed E-state index contributed by atoms with van der Waals surface area (Å²) in [5, 5.41) is 0. The van der Waals surface area contributed by atoms with Crippen molar-refractivity contribution in [3.63, 3.8) is 0 Å². The number of amides is 1. The average Bonchev–Trinajstić information content (AvgIpc) is 2.92. The second-order valence-corrected chi connectivity index (χ2v) is 7.63. The summed E-state index contributed by atoms with van der Waals surface area (Å²) >= 11 is 0. The lowest BCUT2D eigenvalue weighted by atomic mass is 9.95. The molecule has 0 bridgehead atoms. The van der Waals surface area contributed by atoms with Crippen LogP contribution >= 0.6 is 0 Å². The third-order valence-corrected chi connectivity index (χ3v) is 5.79. The molecule has 0 unspecified atom stereocenters. The molecule has 0 N–H and O–H groups in total. The van der Waals surface area contributed by atoms with Crippen molar-refractivity contribution in [1.82, 2.24) is 0 Å². The molecule has 2 heteroatoms. The predicted octanol–water partition coefficient (Wildman–Crippen LogP) is 6.06. The highest BCUT2D eigenvalue weighted by Gasteiger charge is 2.24. The summed E-state index contributed by atoms with van der Waals surface area (Å²) in [5.74, 6) is 0.822. The fourth-order valence-electron chi connectivity index (χ4n) is 4.30. The molecule has 1 saturated carbocycles. The Labute approximate surface area is 156 Å². The fourth-order valence-corrected chi connectivity index (χ4v) is 4.30. The van der Waals surface area contributed by atoms with Crippen LogP contribution in [0.1, 0.15) is 61.6 Å². The SMILES string of the molecule is O=C(CC1CCCCCC1)N1Cc2ccccc2/C=C\c2ccccc21. The maximum Gasteiger partial charge on any atom is 0.227 e. The molecule has 2 aromatic carbocycles. The Morgan fingerprint density at radius 1 is 0.846 bits per heavy atom. The van der Waals surface area contributed by atoms with Crippen molar-refractivity contribution in [1.29, 1.82) is 0 Å². The maximum absolute atomic E-state index is 13.3. The maximum atomic E-state index is 13.3. The third kappa shape index (κ3) is 3.75. The number of carbonyl (C=O) groups excluding carboxylic acids is 1. The lowest BCUT2D eigenvalue weighted by molar-refractivity contribution is -0.119. The van der Waals surface area contributed by atoms with E-state index in [0.717, 1.165) is 11.3 Å². The van der Waals surface area contributed by atoms with Gasteiger partial charge in [0, 0.05) is 6.42 Å². The van der Waals surface area contributed by atoms with Gasteiger partial charge >= 0.3 is 0 Å². The van der Waals surface area contributed by atoms with Crippen LogP contribution < -0.4 is 4.90 Å². The first-order valence-corrected chi connectivity index (χ1v) is 9.96. The van der Waals surface area contributed by atoms with E-state index in [1.807, 2.05) is 17.0 Å². The van der Waals surface area contributed by atoms with E-state index in [-0.39, 0.29) is 5.91 Å². The Hall–Kier alpha value is -2.35. The molecule has 0 saturated heterocycles. The second kappa shape index (κ2) is 7.90. The average molecular weight is 345 g/mol. The minimum Gasteiger partial charge on any atom is -0.307 e. The van der Waals surface area contributed by atoms with Crippen LogP contribution in [0.2, 0.25) is 0 Å². The Morgan fingerprint density at radius 3 is 2.31 bits per heavy atom. The largest absolute Gasteiger partial charge is 0.307 e. The minimum absolute atomic E-state index is 0.273. The van der Waals surface area contributed by atoms with Gasteiger partial charge < -0.3 is 4.90 Å². The van der Waals surface area contributed by atoms with E-state index >= 15 is 0 Å². The van der Waals surface area contributed by atoms with Crippen LogP contribution in [0, 0.1) is 5.92 Å². The van der Waals surface area contributed by atoms with Crippen molar-refractivity contribution in [3.8, 4) is 0 Å². The summed E-state index contributed by atoms with van der Waals surface area (Å²) in [5.41, 5.74) is 4.58. The van der Waals surface area contributed by atoms with E-state index in [9.17, 15) is 4.79 Å². The molecule has 0 spiro atoms. The highest BCUT2D eigenvalue weighted by atomic mass is 16.2. The van der Waals surface area contributed by atoms with E-state index in [1.54, 1.807) is 0 Å². The second-order valence-electron chi connectivity index (χ2n) is 7.63. The lowest BCUT2D eigenvalue weighted by Gasteiger charge is -2.28. The minimum atomic E-state index is 0.273. The molecule has 134 valence electrons. The highest BCUT2D eigenvalue weighted by molar-refractivity contribution is 5.97. The molecule has 1 aliphatic heterocycles. The van der Waals surface area contributed by atoms with Crippen LogP contribution in [-0.2, 0) is 11.3 Å². The molecule has 1 heterocycles. The molecule has 1 aliphatic carbocycles. The van der Waals surface area contributed by atoms with Gasteiger partial charge in [-0.2, -0.15) is 0 Å². The standard InChI is InChI=1S/C24H27NO/c26-24(17-19-9-3-1-2-4-10-19)25-18-22-13-6-5-11-20(22)15-16-21-12-7-8-14-23(21)25/h5-8,11-16,19H,1-4,9-10,17-18H2/b16-15-. The van der Waals surface area contributed by atoms with Gasteiger partial charge in [-0.15, -0.1) is 0 Å². The molecule has 2 nitrogen and oxygen atoms in total. The van der Waals surface area contributed by atoms with Crippen LogP contribution in [-0.4, -0.2) is 5.91 Å². The molecule has 4 rings (SSSR count). The van der Waals surface area contributed by atoms with Gasteiger partial charge in [-0.1, -0.05) is 80.3 Å². The Morgan fingerprint density at radius 2 is 1.50 bits per heavy atom. The Balaban J connectivity index is 1.65.